The highest BCUT2D eigenvalue weighted by atomic mass is 35.5. The first-order valence-electron chi connectivity index (χ1n) is 11.6. The Hall–Kier alpha value is -3.42. The lowest BCUT2D eigenvalue weighted by atomic mass is 9.93. The second-order valence-electron chi connectivity index (χ2n) is 8.84. The van der Waals surface area contributed by atoms with Gasteiger partial charge in [0, 0.05) is 53.5 Å². The van der Waals surface area contributed by atoms with Crippen molar-refractivity contribution in [1.29, 1.82) is 5.26 Å². The van der Waals surface area contributed by atoms with E-state index in [0.29, 0.717) is 29.8 Å². The van der Waals surface area contributed by atoms with Gasteiger partial charge in [-0.25, -0.2) is 0 Å². The molecule has 4 nitrogen and oxygen atoms in total. The Labute approximate surface area is 204 Å². The van der Waals surface area contributed by atoms with Crippen molar-refractivity contribution in [2.45, 2.75) is 46.1 Å². The van der Waals surface area contributed by atoms with Crippen molar-refractivity contribution in [3.05, 3.63) is 82.4 Å². The summed E-state index contributed by atoms with van der Waals surface area (Å²) in [5.74, 6) is 0.0169. The molecule has 3 aromatic carbocycles. The molecule has 4 rings (SSSR count). The number of hydrogen-bond acceptors (Lipinski definition) is 3. The number of benzene rings is 3. The lowest BCUT2D eigenvalue weighted by molar-refractivity contribution is -0.122. The second kappa shape index (κ2) is 10.2. The third-order valence-corrected chi connectivity index (χ3v) is 6.81. The molecule has 1 atom stereocenters. The summed E-state index contributed by atoms with van der Waals surface area (Å²) in [6.45, 7) is 4.93. The molecule has 4 aromatic rings. The molecular formula is C29H27ClN2O2. The van der Waals surface area contributed by atoms with Crippen LogP contribution in [0, 0.1) is 17.2 Å². The Balaban J connectivity index is 1.39. The van der Waals surface area contributed by atoms with Gasteiger partial charge in [0.05, 0.1) is 10.6 Å². The standard InChI is InChI=1S/C29H27ClN2O2/c1-3-32-27-7-5-4-6-24(27)25-15-21(10-13-28(25)32)17-29(34)19(2)8-12-23(33)14-20-9-11-22(18-31)26(30)16-20/h4-7,9-11,13,15-16,19H,3,8,12,14,17H2,1-2H3. The number of aryl methyl sites for hydroxylation is 1. The van der Waals surface area contributed by atoms with E-state index in [4.69, 9.17) is 16.9 Å². The van der Waals surface area contributed by atoms with Crippen LogP contribution in [-0.4, -0.2) is 16.1 Å². The Morgan fingerprint density at radius 2 is 1.68 bits per heavy atom. The summed E-state index contributed by atoms with van der Waals surface area (Å²) < 4.78 is 2.30. The maximum Gasteiger partial charge on any atom is 0.140 e. The van der Waals surface area contributed by atoms with Gasteiger partial charge >= 0.3 is 0 Å². The largest absolute Gasteiger partial charge is 0.341 e. The molecule has 0 aliphatic heterocycles. The summed E-state index contributed by atoms with van der Waals surface area (Å²) in [4.78, 5) is 25.3. The molecule has 172 valence electrons. The van der Waals surface area contributed by atoms with Crippen molar-refractivity contribution in [3.8, 4) is 6.07 Å². The number of nitriles is 1. The van der Waals surface area contributed by atoms with Crippen molar-refractivity contribution < 1.29 is 9.59 Å². The predicted octanol–water partition coefficient (Wildman–Crippen LogP) is 6.68. The molecule has 0 bridgehead atoms. The molecule has 0 radical (unpaired) electrons. The highest BCUT2D eigenvalue weighted by Gasteiger charge is 2.17. The van der Waals surface area contributed by atoms with Gasteiger partial charge in [-0.2, -0.15) is 5.26 Å². The smallest absolute Gasteiger partial charge is 0.140 e. The number of fused-ring (bicyclic) bond motifs is 3. The summed E-state index contributed by atoms with van der Waals surface area (Å²) in [6, 6.07) is 21.7. The van der Waals surface area contributed by atoms with Crippen molar-refractivity contribution in [2.75, 3.05) is 0 Å². The number of carbonyl (C=O) groups is 2. The SMILES string of the molecule is CCn1c2ccccc2c2cc(CC(=O)C(C)CCC(=O)Cc3ccc(C#N)c(Cl)c3)ccc21. The number of nitrogens with zero attached hydrogens (tertiary/aromatic N) is 2. The summed E-state index contributed by atoms with van der Waals surface area (Å²) in [6.07, 6.45) is 1.49. The van der Waals surface area contributed by atoms with E-state index in [2.05, 4.69) is 41.8 Å². The van der Waals surface area contributed by atoms with E-state index in [9.17, 15) is 9.59 Å². The van der Waals surface area contributed by atoms with Gasteiger partial charge < -0.3 is 4.57 Å². The molecule has 0 saturated heterocycles. The highest BCUT2D eigenvalue weighted by molar-refractivity contribution is 6.31. The van der Waals surface area contributed by atoms with Crippen molar-refractivity contribution >= 4 is 45.0 Å². The van der Waals surface area contributed by atoms with Crippen LogP contribution < -0.4 is 0 Å². The van der Waals surface area contributed by atoms with E-state index in [0.717, 1.165) is 17.7 Å². The highest BCUT2D eigenvalue weighted by Crippen LogP contribution is 2.30. The van der Waals surface area contributed by atoms with Crippen molar-refractivity contribution in [1.82, 2.24) is 4.57 Å². The number of halogens is 1. The van der Waals surface area contributed by atoms with E-state index in [1.165, 1.54) is 21.8 Å². The third kappa shape index (κ3) is 4.90. The van der Waals surface area contributed by atoms with Gasteiger partial charge in [0.15, 0.2) is 0 Å². The first kappa shape index (κ1) is 23.7. The first-order chi connectivity index (χ1) is 16.4. The van der Waals surface area contributed by atoms with E-state index in [1.807, 2.05) is 25.1 Å². The number of Topliss-reactive ketones (excluding diaryl/α,β-unsaturated/α-hetero) is 2. The fourth-order valence-corrected chi connectivity index (χ4v) is 4.79. The maximum atomic E-state index is 12.9. The van der Waals surface area contributed by atoms with Crippen LogP contribution in [0.4, 0.5) is 0 Å². The molecule has 5 heteroatoms. The number of para-hydroxylation sites is 1. The quantitative estimate of drug-likeness (QED) is 0.274. The Morgan fingerprint density at radius 1 is 0.971 bits per heavy atom. The minimum absolute atomic E-state index is 0.0641. The average molecular weight is 471 g/mol. The maximum absolute atomic E-state index is 12.9. The van der Waals surface area contributed by atoms with Gasteiger partial charge in [0.25, 0.3) is 0 Å². The van der Waals surface area contributed by atoms with Crippen LogP contribution >= 0.6 is 11.6 Å². The molecule has 1 aromatic heterocycles. The molecule has 0 aliphatic carbocycles. The second-order valence-corrected chi connectivity index (χ2v) is 9.24. The van der Waals surface area contributed by atoms with Crippen LogP contribution in [0.3, 0.4) is 0 Å². The molecule has 0 amide bonds. The van der Waals surface area contributed by atoms with Gasteiger partial charge in [0.2, 0.25) is 0 Å². The number of carbonyl (C=O) groups excluding carboxylic acids is 2. The summed E-state index contributed by atoms with van der Waals surface area (Å²) in [5, 5.41) is 11.7. The summed E-state index contributed by atoms with van der Waals surface area (Å²) >= 11 is 6.06. The van der Waals surface area contributed by atoms with E-state index in [-0.39, 0.29) is 23.9 Å². The first-order valence-corrected chi connectivity index (χ1v) is 12.0. The van der Waals surface area contributed by atoms with Crippen LogP contribution in [0.5, 0.6) is 0 Å². The van der Waals surface area contributed by atoms with Crippen molar-refractivity contribution in [3.63, 3.8) is 0 Å². The van der Waals surface area contributed by atoms with Crippen LogP contribution in [0.15, 0.2) is 60.7 Å². The van der Waals surface area contributed by atoms with Crippen LogP contribution in [0.1, 0.15) is 43.4 Å². The Kier molecular flexibility index (Phi) is 7.14. The Bertz CT molecular complexity index is 1430. The molecular weight excluding hydrogens is 444 g/mol. The minimum atomic E-state index is -0.193. The number of rotatable bonds is 9. The zero-order valence-electron chi connectivity index (χ0n) is 19.5. The molecule has 1 heterocycles. The zero-order chi connectivity index (χ0) is 24.2. The fourth-order valence-electron chi connectivity index (χ4n) is 4.54. The van der Waals surface area contributed by atoms with Gasteiger partial charge in [0.1, 0.15) is 17.6 Å². The summed E-state index contributed by atoms with van der Waals surface area (Å²) in [5.41, 5.74) is 4.57. The summed E-state index contributed by atoms with van der Waals surface area (Å²) in [7, 11) is 0. The molecule has 0 spiro atoms. The molecule has 0 aliphatic rings. The monoisotopic (exact) mass is 470 g/mol. The Morgan fingerprint density at radius 3 is 2.41 bits per heavy atom. The van der Waals surface area contributed by atoms with Crippen LogP contribution in [-0.2, 0) is 29.0 Å². The number of hydrogen-bond donors (Lipinski definition) is 0. The van der Waals surface area contributed by atoms with E-state index < -0.39 is 0 Å². The molecule has 0 fully saturated rings. The minimum Gasteiger partial charge on any atom is -0.341 e. The van der Waals surface area contributed by atoms with Gasteiger partial charge in [-0.1, -0.05) is 48.9 Å². The van der Waals surface area contributed by atoms with Crippen LogP contribution in [0.25, 0.3) is 21.8 Å². The molecule has 0 N–H and O–H groups in total. The zero-order valence-corrected chi connectivity index (χ0v) is 20.2. The molecule has 0 saturated carbocycles. The van der Waals surface area contributed by atoms with Crippen molar-refractivity contribution in [2.24, 2.45) is 5.92 Å². The molecule has 1 unspecified atom stereocenters. The van der Waals surface area contributed by atoms with Crippen LogP contribution in [0.2, 0.25) is 5.02 Å². The predicted molar refractivity (Wildman–Crippen MR) is 137 cm³/mol. The number of ketones is 2. The van der Waals surface area contributed by atoms with Gasteiger partial charge in [-0.15, -0.1) is 0 Å². The topological polar surface area (TPSA) is 62.9 Å². The van der Waals surface area contributed by atoms with E-state index in [1.54, 1.807) is 18.2 Å². The van der Waals surface area contributed by atoms with Gasteiger partial charge in [-0.05, 0) is 54.8 Å². The lowest BCUT2D eigenvalue weighted by Crippen LogP contribution is -2.16. The third-order valence-electron chi connectivity index (χ3n) is 6.49. The fraction of sp³-hybridized carbons (Fsp3) is 0.276. The average Bonchev–Trinajstić information content (AvgIpc) is 3.15. The molecule has 34 heavy (non-hydrogen) atoms. The normalized spacial score (nSPS) is 12.1. The number of aromatic nitrogens is 1. The van der Waals surface area contributed by atoms with Gasteiger partial charge in [-0.3, -0.25) is 9.59 Å². The van der Waals surface area contributed by atoms with E-state index >= 15 is 0 Å². The lowest BCUT2D eigenvalue weighted by Gasteiger charge is -2.11.